The summed E-state index contributed by atoms with van der Waals surface area (Å²) in [4.78, 5) is 0. The Hall–Kier alpha value is -1.37. The number of nitriles is 1. The molecule has 1 aliphatic rings. The van der Waals surface area contributed by atoms with Gasteiger partial charge in [0.25, 0.3) is 0 Å². The zero-order chi connectivity index (χ0) is 14.6. The number of nitrogens with zero attached hydrogens (tertiary/aromatic N) is 1. The summed E-state index contributed by atoms with van der Waals surface area (Å²) in [6, 6.07) is 10.5. The first-order chi connectivity index (χ1) is 9.63. The van der Waals surface area contributed by atoms with E-state index >= 15 is 0 Å². The highest BCUT2D eigenvalue weighted by atomic mass is 16.5. The maximum absolute atomic E-state index is 8.92. The third kappa shape index (κ3) is 2.87. The van der Waals surface area contributed by atoms with Crippen molar-refractivity contribution in [1.29, 1.82) is 5.26 Å². The predicted molar refractivity (Wildman–Crippen MR) is 80.2 cm³/mol. The molecule has 1 aliphatic carbocycles. The van der Waals surface area contributed by atoms with Crippen molar-refractivity contribution < 1.29 is 4.74 Å². The summed E-state index contributed by atoms with van der Waals surface area (Å²) < 4.78 is 5.82. The molecule has 3 heteroatoms. The molecule has 0 heterocycles. The molecule has 3 nitrogen and oxygen atoms in total. The molecule has 20 heavy (non-hydrogen) atoms. The molecule has 1 saturated carbocycles. The van der Waals surface area contributed by atoms with Crippen molar-refractivity contribution in [2.75, 3.05) is 6.61 Å². The van der Waals surface area contributed by atoms with Crippen LogP contribution in [0.1, 0.15) is 44.7 Å². The SMILES string of the molecule is CCOC1CC(NCc2cccc(C#N)c2)C1(C)CC. The lowest BCUT2D eigenvalue weighted by Gasteiger charge is -2.53. The van der Waals surface area contributed by atoms with Gasteiger partial charge >= 0.3 is 0 Å². The fourth-order valence-corrected chi connectivity index (χ4v) is 3.06. The number of ether oxygens (including phenoxy) is 1. The molecule has 0 radical (unpaired) electrons. The Bertz CT molecular complexity index is 494. The second-order valence-electron chi connectivity index (χ2n) is 5.78. The van der Waals surface area contributed by atoms with Crippen molar-refractivity contribution in [3.05, 3.63) is 35.4 Å². The molecule has 1 fully saturated rings. The fraction of sp³-hybridized carbons (Fsp3) is 0.588. The van der Waals surface area contributed by atoms with Gasteiger partial charge in [0.15, 0.2) is 0 Å². The van der Waals surface area contributed by atoms with Crippen LogP contribution >= 0.6 is 0 Å². The molecule has 0 bridgehead atoms. The third-order valence-corrected chi connectivity index (χ3v) is 4.72. The molecular formula is C17H24N2O. The van der Waals surface area contributed by atoms with Crippen LogP contribution in [-0.4, -0.2) is 18.8 Å². The van der Waals surface area contributed by atoms with E-state index in [0.717, 1.165) is 31.6 Å². The van der Waals surface area contributed by atoms with Crippen molar-refractivity contribution >= 4 is 0 Å². The van der Waals surface area contributed by atoms with Crippen LogP contribution in [0.2, 0.25) is 0 Å². The van der Waals surface area contributed by atoms with E-state index in [0.29, 0.717) is 12.1 Å². The summed E-state index contributed by atoms with van der Waals surface area (Å²) >= 11 is 0. The first-order valence-corrected chi connectivity index (χ1v) is 7.48. The first-order valence-electron chi connectivity index (χ1n) is 7.48. The summed E-state index contributed by atoms with van der Waals surface area (Å²) in [7, 11) is 0. The highest BCUT2D eigenvalue weighted by Gasteiger charge is 2.50. The summed E-state index contributed by atoms with van der Waals surface area (Å²) in [6.45, 7) is 8.20. The molecule has 3 unspecified atom stereocenters. The maximum atomic E-state index is 8.92. The van der Waals surface area contributed by atoms with Gasteiger partial charge in [-0.25, -0.2) is 0 Å². The van der Waals surface area contributed by atoms with Crippen molar-refractivity contribution in [2.24, 2.45) is 5.41 Å². The van der Waals surface area contributed by atoms with Crippen molar-refractivity contribution in [1.82, 2.24) is 5.32 Å². The topological polar surface area (TPSA) is 45.0 Å². The van der Waals surface area contributed by atoms with Gasteiger partial charge in [0.2, 0.25) is 0 Å². The van der Waals surface area contributed by atoms with Crippen LogP contribution in [0.25, 0.3) is 0 Å². The standard InChI is InChI=1S/C17H24N2O/c1-4-17(3)15(10-16(17)20-5-2)19-12-14-8-6-7-13(9-14)11-18/h6-9,15-16,19H,4-5,10,12H2,1-3H3. The van der Waals surface area contributed by atoms with Gasteiger partial charge in [-0.2, -0.15) is 5.26 Å². The molecule has 1 aromatic carbocycles. The van der Waals surface area contributed by atoms with E-state index in [4.69, 9.17) is 10.00 Å². The minimum Gasteiger partial charge on any atom is -0.378 e. The zero-order valence-corrected chi connectivity index (χ0v) is 12.6. The lowest BCUT2D eigenvalue weighted by atomic mass is 9.61. The predicted octanol–water partition coefficient (Wildman–Crippen LogP) is 3.24. The van der Waals surface area contributed by atoms with Crippen LogP contribution in [0.5, 0.6) is 0 Å². The molecule has 1 aromatic rings. The van der Waals surface area contributed by atoms with Crippen molar-refractivity contribution in [2.45, 2.75) is 52.3 Å². The Labute approximate surface area is 121 Å². The molecule has 0 aromatic heterocycles. The van der Waals surface area contributed by atoms with Crippen LogP contribution in [-0.2, 0) is 11.3 Å². The van der Waals surface area contributed by atoms with E-state index in [1.807, 2.05) is 18.2 Å². The van der Waals surface area contributed by atoms with Crippen LogP contribution < -0.4 is 5.32 Å². The lowest BCUT2D eigenvalue weighted by Crippen LogP contribution is -2.61. The first kappa shape index (κ1) is 15.0. The molecular weight excluding hydrogens is 248 g/mol. The number of hydrogen-bond donors (Lipinski definition) is 1. The van der Waals surface area contributed by atoms with E-state index in [-0.39, 0.29) is 5.41 Å². The maximum Gasteiger partial charge on any atom is 0.0991 e. The van der Waals surface area contributed by atoms with Crippen molar-refractivity contribution in [3.8, 4) is 6.07 Å². The molecule has 2 rings (SSSR count). The Morgan fingerprint density at radius 2 is 2.25 bits per heavy atom. The van der Waals surface area contributed by atoms with Crippen LogP contribution in [0.4, 0.5) is 0 Å². The van der Waals surface area contributed by atoms with Crippen LogP contribution in [0, 0.1) is 16.7 Å². The normalized spacial score (nSPS) is 28.7. The largest absolute Gasteiger partial charge is 0.378 e. The van der Waals surface area contributed by atoms with E-state index in [2.05, 4.69) is 38.2 Å². The summed E-state index contributed by atoms with van der Waals surface area (Å²) in [6.07, 6.45) is 2.57. The molecule has 108 valence electrons. The summed E-state index contributed by atoms with van der Waals surface area (Å²) in [5.41, 5.74) is 2.12. The van der Waals surface area contributed by atoms with Gasteiger partial charge in [0, 0.05) is 24.6 Å². The molecule has 3 atom stereocenters. The average molecular weight is 272 g/mol. The third-order valence-electron chi connectivity index (χ3n) is 4.72. The second-order valence-corrected chi connectivity index (χ2v) is 5.78. The quantitative estimate of drug-likeness (QED) is 0.864. The number of rotatable bonds is 6. The average Bonchev–Trinajstić information content (AvgIpc) is 2.49. The van der Waals surface area contributed by atoms with E-state index < -0.39 is 0 Å². The number of nitrogens with one attached hydrogen (secondary N) is 1. The van der Waals surface area contributed by atoms with Gasteiger partial charge in [-0.15, -0.1) is 0 Å². The van der Waals surface area contributed by atoms with Crippen LogP contribution in [0.3, 0.4) is 0 Å². The summed E-state index contributed by atoms with van der Waals surface area (Å²) in [5.74, 6) is 0. The van der Waals surface area contributed by atoms with Crippen molar-refractivity contribution in [3.63, 3.8) is 0 Å². The number of hydrogen-bond acceptors (Lipinski definition) is 3. The fourth-order valence-electron chi connectivity index (χ4n) is 3.06. The van der Waals surface area contributed by atoms with Gasteiger partial charge < -0.3 is 10.1 Å². The van der Waals surface area contributed by atoms with Gasteiger partial charge in [-0.05, 0) is 37.5 Å². The van der Waals surface area contributed by atoms with Gasteiger partial charge in [-0.3, -0.25) is 0 Å². The Morgan fingerprint density at radius 1 is 1.45 bits per heavy atom. The van der Waals surface area contributed by atoms with Gasteiger partial charge in [-0.1, -0.05) is 26.0 Å². The van der Waals surface area contributed by atoms with E-state index in [9.17, 15) is 0 Å². The zero-order valence-electron chi connectivity index (χ0n) is 12.6. The smallest absolute Gasteiger partial charge is 0.0991 e. The second kappa shape index (κ2) is 6.39. The minimum absolute atomic E-state index is 0.225. The highest BCUT2D eigenvalue weighted by molar-refractivity contribution is 5.32. The Morgan fingerprint density at radius 3 is 2.90 bits per heavy atom. The number of benzene rings is 1. The molecule has 0 amide bonds. The van der Waals surface area contributed by atoms with E-state index in [1.54, 1.807) is 0 Å². The molecule has 0 aliphatic heterocycles. The molecule has 0 spiro atoms. The van der Waals surface area contributed by atoms with Gasteiger partial charge in [0.05, 0.1) is 17.7 Å². The minimum atomic E-state index is 0.225. The highest BCUT2D eigenvalue weighted by Crippen LogP contribution is 2.45. The summed E-state index contributed by atoms with van der Waals surface area (Å²) in [5, 5.41) is 12.6. The lowest BCUT2D eigenvalue weighted by molar-refractivity contribution is -0.126. The van der Waals surface area contributed by atoms with Gasteiger partial charge in [0.1, 0.15) is 0 Å². The Kier molecular flexibility index (Phi) is 4.80. The monoisotopic (exact) mass is 272 g/mol. The Balaban J connectivity index is 1.93. The molecule has 1 N–H and O–H groups in total. The molecule has 0 saturated heterocycles. The van der Waals surface area contributed by atoms with E-state index in [1.165, 1.54) is 5.56 Å². The van der Waals surface area contributed by atoms with Crippen LogP contribution in [0.15, 0.2) is 24.3 Å².